The predicted molar refractivity (Wildman–Crippen MR) is 50.8 cm³/mol. The van der Waals surface area contributed by atoms with E-state index in [0.29, 0.717) is 6.54 Å². The third-order valence-corrected chi connectivity index (χ3v) is 1.77. The lowest BCUT2D eigenvalue weighted by molar-refractivity contribution is -0.122. The Kier molecular flexibility index (Phi) is 7.57. The molecule has 0 bridgehead atoms. The molecule has 0 aliphatic carbocycles. The molecule has 0 saturated carbocycles. The van der Waals surface area contributed by atoms with Gasteiger partial charge in [-0.1, -0.05) is 0 Å². The Morgan fingerprint density at radius 1 is 1.46 bits per heavy atom. The second-order valence-electron chi connectivity index (χ2n) is 3.09. The van der Waals surface area contributed by atoms with E-state index in [2.05, 4.69) is 5.43 Å². The van der Waals surface area contributed by atoms with Gasteiger partial charge in [-0.25, -0.2) is 5.84 Å². The molecule has 0 atom stereocenters. The number of nitrogens with zero attached hydrogens (tertiary/aromatic N) is 1. The van der Waals surface area contributed by atoms with Crippen LogP contribution >= 0.6 is 0 Å². The van der Waals surface area contributed by atoms with E-state index in [-0.39, 0.29) is 12.5 Å². The summed E-state index contributed by atoms with van der Waals surface area (Å²) in [7, 11) is 1.87. The molecule has 0 aliphatic rings. The maximum absolute atomic E-state index is 10.8. The van der Waals surface area contributed by atoms with Gasteiger partial charge in [0.1, 0.15) is 0 Å². The predicted octanol–water partition coefficient (Wildman–Crippen LogP) is -0.929. The van der Waals surface area contributed by atoms with E-state index in [9.17, 15) is 4.79 Å². The quantitative estimate of drug-likeness (QED) is 0.209. The number of rotatable bonds is 7. The van der Waals surface area contributed by atoms with Crippen molar-refractivity contribution < 1.29 is 9.90 Å². The van der Waals surface area contributed by atoms with E-state index in [1.54, 1.807) is 0 Å². The Hall–Kier alpha value is -0.650. The number of aliphatic hydroxyl groups is 1. The molecule has 5 heteroatoms. The first kappa shape index (κ1) is 12.3. The average molecular weight is 189 g/mol. The first-order valence-electron chi connectivity index (χ1n) is 4.49. The Balaban J connectivity index is 3.29. The summed E-state index contributed by atoms with van der Waals surface area (Å²) in [6, 6.07) is 0. The third-order valence-electron chi connectivity index (χ3n) is 1.77. The molecule has 0 aliphatic heterocycles. The fraction of sp³-hybridized carbons (Fsp3) is 0.875. The van der Waals surface area contributed by atoms with Crippen LogP contribution in [0.4, 0.5) is 0 Å². The van der Waals surface area contributed by atoms with Crippen molar-refractivity contribution in [1.82, 2.24) is 10.3 Å². The lowest BCUT2D eigenvalue weighted by atomic mass is 10.2. The lowest BCUT2D eigenvalue weighted by Crippen LogP contribution is -2.39. The van der Waals surface area contributed by atoms with Crippen molar-refractivity contribution in [2.75, 3.05) is 26.7 Å². The highest BCUT2D eigenvalue weighted by atomic mass is 16.2. The van der Waals surface area contributed by atoms with Crippen LogP contribution in [0.5, 0.6) is 0 Å². The Morgan fingerprint density at radius 2 is 2.15 bits per heavy atom. The SMILES string of the molecule is CN(CCCCCO)CC(=O)NN. The number of nitrogens with two attached hydrogens (primary N) is 1. The Labute approximate surface area is 78.9 Å². The zero-order chi connectivity index (χ0) is 10.1. The van der Waals surface area contributed by atoms with E-state index < -0.39 is 0 Å². The van der Waals surface area contributed by atoms with Crippen LogP contribution in [0.3, 0.4) is 0 Å². The second-order valence-corrected chi connectivity index (χ2v) is 3.09. The molecule has 0 saturated heterocycles. The molecule has 0 aromatic carbocycles. The van der Waals surface area contributed by atoms with E-state index >= 15 is 0 Å². The maximum atomic E-state index is 10.8. The number of likely N-dealkylation sites (N-methyl/N-ethyl adjacent to an activating group) is 1. The molecule has 0 aromatic heterocycles. The molecular formula is C8H19N3O2. The molecule has 13 heavy (non-hydrogen) atoms. The van der Waals surface area contributed by atoms with E-state index in [1.165, 1.54) is 0 Å². The third kappa shape index (κ3) is 7.70. The first-order valence-corrected chi connectivity index (χ1v) is 4.49. The fourth-order valence-corrected chi connectivity index (χ4v) is 1.04. The fourth-order valence-electron chi connectivity index (χ4n) is 1.04. The van der Waals surface area contributed by atoms with Crippen LogP contribution in [0.25, 0.3) is 0 Å². The minimum atomic E-state index is -0.176. The molecule has 0 aromatic rings. The Morgan fingerprint density at radius 3 is 2.69 bits per heavy atom. The maximum Gasteiger partial charge on any atom is 0.248 e. The number of hydrogen-bond donors (Lipinski definition) is 3. The number of amides is 1. The molecule has 1 amide bonds. The van der Waals surface area contributed by atoms with Crippen molar-refractivity contribution >= 4 is 5.91 Å². The molecule has 0 rings (SSSR count). The number of nitrogens with one attached hydrogen (secondary N) is 1. The number of hydrazine groups is 1. The van der Waals surface area contributed by atoms with Crippen LogP contribution in [0.1, 0.15) is 19.3 Å². The standard InChI is InChI=1S/C8H19N3O2/c1-11(7-8(13)10-9)5-3-2-4-6-12/h12H,2-7,9H2,1H3,(H,10,13). The van der Waals surface area contributed by atoms with E-state index in [1.807, 2.05) is 11.9 Å². The minimum absolute atomic E-state index is 0.176. The van der Waals surface area contributed by atoms with Gasteiger partial charge in [0, 0.05) is 6.61 Å². The molecule has 0 heterocycles. The summed E-state index contributed by atoms with van der Waals surface area (Å²) in [6.07, 6.45) is 2.82. The smallest absolute Gasteiger partial charge is 0.248 e. The number of hydrogen-bond acceptors (Lipinski definition) is 4. The van der Waals surface area contributed by atoms with Crippen molar-refractivity contribution in [3.63, 3.8) is 0 Å². The van der Waals surface area contributed by atoms with Gasteiger partial charge in [-0.2, -0.15) is 0 Å². The van der Waals surface area contributed by atoms with Crippen molar-refractivity contribution in [2.24, 2.45) is 5.84 Å². The van der Waals surface area contributed by atoms with Gasteiger partial charge in [-0.15, -0.1) is 0 Å². The van der Waals surface area contributed by atoms with Crippen LogP contribution in [0, 0.1) is 0 Å². The van der Waals surface area contributed by atoms with Gasteiger partial charge in [0.25, 0.3) is 0 Å². The van der Waals surface area contributed by atoms with Gasteiger partial charge >= 0.3 is 0 Å². The summed E-state index contributed by atoms with van der Waals surface area (Å²) >= 11 is 0. The first-order chi connectivity index (χ1) is 6.20. The number of unbranched alkanes of at least 4 members (excludes halogenated alkanes) is 2. The van der Waals surface area contributed by atoms with Crippen molar-refractivity contribution in [3.05, 3.63) is 0 Å². The van der Waals surface area contributed by atoms with Gasteiger partial charge in [0.2, 0.25) is 5.91 Å². The molecule has 0 spiro atoms. The van der Waals surface area contributed by atoms with E-state index in [4.69, 9.17) is 10.9 Å². The number of carbonyl (C=O) groups excluding carboxylic acids is 1. The molecule has 4 N–H and O–H groups in total. The molecule has 0 radical (unpaired) electrons. The van der Waals surface area contributed by atoms with Gasteiger partial charge in [-0.05, 0) is 32.9 Å². The second kappa shape index (κ2) is 7.97. The molecular weight excluding hydrogens is 170 g/mol. The summed E-state index contributed by atoms with van der Waals surface area (Å²) in [6.45, 7) is 1.43. The summed E-state index contributed by atoms with van der Waals surface area (Å²) in [5.41, 5.74) is 2.08. The van der Waals surface area contributed by atoms with Crippen LogP contribution in [-0.2, 0) is 4.79 Å². The van der Waals surface area contributed by atoms with Gasteiger partial charge in [0.15, 0.2) is 0 Å². The molecule has 5 nitrogen and oxygen atoms in total. The minimum Gasteiger partial charge on any atom is -0.396 e. The monoisotopic (exact) mass is 189 g/mol. The number of carbonyl (C=O) groups is 1. The zero-order valence-corrected chi connectivity index (χ0v) is 8.12. The summed E-state index contributed by atoms with van der Waals surface area (Å²) < 4.78 is 0. The van der Waals surface area contributed by atoms with Crippen LogP contribution in [0.2, 0.25) is 0 Å². The van der Waals surface area contributed by atoms with Crippen molar-refractivity contribution in [2.45, 2.75) is 19.3 Å². The van der Waals surface area contributed by atoms with Crippen LogP contribution in [-0.4, -0.2) is 42.7 Å². The average Bonchev–Trinajstić information content (AvgIpc) is 2.12. The molecule has 0 fully saturated rings. The van der Waals surface area contributed by atoms with Crippen LogP contribution < -0.4 is 11.3 Å². The summed E-state index contributed by atoms with van der Waals surface area (Å²) in [5, 5.41) is 8.52. The van der Waals surface area contributed by atoms with E-state index in [0.717, 1.165) is 25.8 Å². The zero-order valence-electron chi connectivity index (χ0n) is 8.12. The summed E-state index contributed by atoms with van der Waals surface area (Å²) in [5.74, 6) is 4.76. The lowest BCUT2D eigenvalue weighted by Gasteiger charge is -2.14. The van der Waals surface area contributed by atoms with Gasteiger partial charge < -0.3 is 5.11 Å². The Bertz CT molecular complexity index is 141. The highest BCUT2D eigenvalue weighted by Crippen LogP contribution is 1.95. The molecule has 0 unspecified atom stereocenters. The van der Waals surface area contributed by atoms with Gasteiger partial charge in [0.05, 0.1) is 6.54 Å². The van der Waals surface area contributed by atoms with Gasteiger partial charge in [-0.3, -0.25) is 15.1 Å². The largest absolute Gasteiger partial charge is 0.396 e. The normalized spacial score (nSPS) is 10.5. The number of aliphatic hydroxyl groups excluding tert-OH is 1. The van der Waals surface area contributed by atoms with Crippen molar-refractivity contribution in [1.29, 1.82) is 0 Å². The molecule has 78 valence electrons. The topological polar surface area (TPSA) is 78.6 Å². The van der Waals surface area contributed by atoms with Crippen LogP contribution in [0.15, 0.2) is 0 Å². The highest BCUT2D eigenvalue weighted by Gasteiger charge is 2.03. The summed E-state index contributed by atoms with van der Waals surface area (Å²) in [4.78, 5) is 12.7. The van der Waals surface area contributed by atoms with Crippen molar-refractivity contribution in [3.8, 4) is 0 Å². The highest BCUT2D eigenvalue weighted by molar-refractivity contribution is 5.77.